The van der Waals surface area contributed by atoms with Crippen molar-refractivity contribution >= 4 is 10.0 Å². The molecule has 1 atom stereocenters. The van der Waals surface area contributed by atoms with Gasteiger partial charge in [0.25, 0.3) is 0 Å². The fourth-order valence-corrected chi connectivity index (χ4v) is 3.51. The number of hydrogen-bond acceptors (Lipinski definition) is 4. The van der Waals surface area contributed by atoms with Crippen LogP contribution < -0.4 is 9.46 Å². The molecule has 2 rings (SSSR count). The highest BCUT2D eigenvalue weighted by atomic mass is 32.2. The number of nitrogens with zero attached hydrogens (tertiary/aromatic N) is 1. The van der Waals surface area contributed by atoms with Gasteiger partial charge in [-0.05, 0) is 43.9 Å². The monoisotopic (exact) mass is 388 g/mol. The van der Waals surface area contributed by atoms with Gasteiger partial charge in [-0.3, -0.25) is 0 Å². The highest BCUT2D eigenvalue weighted by molar-refractivity contribution is 7.89. The number of hydrogen-bond donors (Lipinski definition) is 1. The molecule has 9 heteroatoms. The zero-order valence-corrected chi connectivity index (χ0v) is 15.3. The molecule has 0 aliphatic rings. The van der Waals surface area contributed by atoms with Gasteiger partial charge in [-0.2, -0.15) is 0 Å². The van der Waals surface area contributed by atoms with Crippen LogP contribution >= 0.6 is 0 Å². The van der Waals surface area contributed by atoms with E-state index in [1.165, 1.54) is 7.11 Å². The van der Waals surface area contributed by atoms with E-state index in [0.717, 1.165) is 5.56 Å². The number of rotatable bonds is 7. The molecule has 0 aliphatic heterocycles. The summed E-state index contributed by atoms with van der Waals surface area (Å²) in [7, 11) is 0.671. The molecule has 142 valence electrons. The maximum Gasteiger partial charge on any atom is 0.243 e. The lowest BCUT2D eigenvalue weighted by molar-refractivity contribution is 0.299. The van der Waals surface area contributed by atoms with E-state index in [4.69, 9.17) is 4.74 Å². The first-order valence-electron chi connectivity index (χ1n) is 7.61. The summed E-state index contributed by atoms with van der Waals surface area (Å²) in [5, 5.41) is 0. The smallest absolute Gasteiger partial charge is 0.243 e. The minimum atomic E-state index is -4.36. The number of methoxy groups -OCH3 is 1. The molecule has 2 aromatic carbocycles. The predicted octanol–water partition coefficient (Wildman–Crippen LogP) is 2.69. The number of halogens is 3. The first-order chi connectivity index (χ1) is 12.2. The second-order valence-corrected chi connectivity index (χ2v) is 7.51. The summed E-state index contributed by atoms with van der Waals surface area (Å²) < 4.78 is 72.0. The average molecular weight is 388 g/mol. The summed E-state index contributed by atoms with van der Waals surface area (Å²) in [5.41, 5.74) is 0.796. The van der Waals surface area contributed by atoms with Crippen LogP contribution in [0.2, 0.25) is 0 Å². The Balaban J connectivity index is 2.24. The van der Waals surface area contributed by atoms with Gasteiger partial charge in [0, 0.05) is 12.6 Å². The first kappa shape index (κ1) is 20.2. The molecule has 0 amide bonds. The molecule has 0 fully saturated rings. The van der Waals surface area contributed by atoms with Crippen LogP contribution in [0.15, 0.2) is 41.3 Å². The normalized spacial score (nSPS) is 13.0. The molecule has 26 heavy (non-hydrogen) atoms. The van der Waals surface area contributed by atoms with Crippen LogP contribution in [-0.2, 0) is 10.0 Å². The first-order valence-corrected chi connectivity index (χ1v) is 9.09. The van der Waals surface area contributed by atoms with Crippen LogP contribution in [0.3, 0.4) is 0 Å². The Morgan fingerprint density at radius 2 is 1.65 bits per heavy atom. The minimum absolute atomic E-state index is 0.0971. The number of ether oxygens (including phenoxy) is 1. The second-order valence-electron chi connectivity index (χ2n) is 5.78. The third-order valence-corrected chi connectivity index (χ3v) is 5.32. The molecular formula is C17H19F3N2O3S. The molecule has 0 aromatic heterocycles. The van der Waals surface area contributed by atoms with Crippen LogP contribution in [0.25, 0.3) is 0 Å². The van der Waals surface area contributed by atoms with Crippen LogP contribution in [0.1, 0.15) is 11.6 Å². The largest absolute Gasteiger partial charge is 0.497 e. The number of benzene rings is 2. The van der Waals surface area contributed by atoms with Crippen molar-refractivity contribution in [1.82, 2.24) is 9.62 Å². The predicted molar refractivity (Wildman–Crippen MR) is 90.9 cm³/mol. The van der Waals surface area contributed by atoms with Crippen molar-refractivity contribution in [2.75, 3.05) is 27.7 Å². The fourth-order valence-electron chi connectivity index (χ4n) is 2.41. The van der Waals surface area contributed by atoms with Crippen molar-refractivity contribution in [3.05, 3.63) is 59.4 Å². The van der Waals surface area contributed by atoms with Crippen molar-refractivity contribution in [3.8, 4) is 5.75 Å². The Morgan fingerprint density at radius 3 is 2.19 bits per heavy atom. The molecule has 2 aromatic rings. The van der Waals surface area contributed by atoms with Crippen LogP contribution in [0, 0.1) is 17.5 Å². The van der Waals surface area contributed by atoms with E-state index in [9.17, 15) is 21.6 Å². The maximum absolute atomic E-state index is 13.8. The summed E-state index contributed by atoms with van der Waals surface area (Å²) in [5.74, 6) is -4.38. The third kappa shape index (κ3) is 4.35. The number of likely N-dealkylation sites (N-methyl/N-ethyl adjacent to an activating group) is 1. The van der Waals surface area contributed by atoms with E-state index in [-0.39, 0.29) is 12.6 Å². The highest BCUT2D eigenvalue weighted by Crippen LogP contribution is 2.23. The fraction of sp³-hybridized carbons (Fsp3) is 0.294. The summed E-state index contributed by atoms with van der Waals surface area (Å²) in [6.45, 7) is -0.0971. The van der Waals surface area contributed by atoms with Gasteiger partial charge in [-0.15, -0.1) is 0 Å². The van der Waals surface area contributed by atoms with Gasteiger partial charge in [-0.25, -0.2) is 26.3 Å². The molecule has 0 bridgehead atoms. The van der Waals surface area contributed by atoms with Gasteiger partial charge in [-0.1, -0.05) is 12.1 Å². The van der Waals surface area contributed by atoms with Gasteiger partial charge in [0.2, 0.25) is 10.0 Å². The summed E-state index contributed by atoms with van der Waals surface area (Å²) in [6, 6.07) is 7.90. The van der Waals surface area contributed by atoms with Crippen molar-refractivity contribution in [3.63, 3.8) is 0 Å². The number of sulfonamides is 1. The summed E-state index contributed by atoms with van der Waals surface area (Å²) >= 11 is 0. The van der Waals surface area contributed by atoms with Crippen molar-refractivity contribution < 1.29 is 26.3 Å². The molecule has 0 radical (unpaired) electrons. The Hall–Kier alpha value is -2.10. The topological polar surface area (TPSA) is 58.6 Å². The average Bonchev–Trinajstić information content (AvgIpc) is 2.59. The molecule has 1 N–H and O–H groups in total. The second kappa shape index (κ2) is 8.07. The van der Waals surface area contributed by atoms with Crippen molar-refractivity contribution in [2.24, 2.45) is 0 Å². The van der Waals surface area contributed by atoms with E-state index in [0.29, 0.717) is 17.9 Å². The van der Waals surface area contributed by atoms with E-state index in [2.05, 4.69) is 4.72 Å². The van der Waals surface area contributed by atoms with Gasteiger partial charge < -0.3 is 9.64 Å². The Kier molecular flexibility index (Phi) is 6.27. The Morgan fingerprint density at radius 1 is 1.04 bits per heavy atom. The lowest BCUT2D eigenvalue weighted by Crippen LogP contribution is -2.35. The molecular weight excluding hydrogens is 369 g/mol. The highest BCUT2D eigenvalue weighted by Gasteiger charge is 2.25. The molecule has 0 spiro atoms. The Bertz CT molecular complexity index is 872. The number of nitrogens with one attached hydrogen (secondary N) is 1. The van der Waals surface area contributed by atoms with E-state index in [1.54, 1.807) is 43.3 Å². The van der Waals surface area contributed by atoms with E-state index >= 15 is 0 Å². The van der Waals surface area contributed by atoms with Gasteiger partial charge >= 0.3 is 0 Å². The molecule has 5 nitrogen and oxygen atoms in total. The molecule has 0 aliphatic carbocycles. The quantitative estimate of drug-likeness (QED) is 0.741. The maximum atomic E-state index is 13.8. The summed E-state index contributed by atoms with van der Waals surface area (Å²) in [6.07, 6.45) is 0. The molecule has 0 heterocycles. The Labute approximate surface area is 150 Å². The van der Waals surface area contributed by atoms with Gasteiger partial charge in [0.15, 0.2) is 17.5 Å². The lowest BCUT2D eigenvalue weighted by Gasteiger charge is -2.25. The zero-order valence-electron chi connectivity index (χ0n) is 14.5. The summed E-state index contributed by atoms with van der Waals surface area (Å²) in [4.78, 5) is 0.829. The van der Waals surface area contributed by atoms with Crippen LogP contribution in [-0.4, -0.2) is 41.1 Å². The van der Waals surface area contributed by atoms with E-state index < -0.39 is 32.4 Å². The van der Waals surface area contributed by atoms with E-state index in [1.807, 2.05) is 0 Å². The van der Waals surface area contributed by atoms with Gasteiger partial charge in [0.05, 0.1) is 7.11 Å². The molecule has 0 saturated heterocycles. The zero-order chi connectivity index (χ0) is 19.5. The molecule has 0 unspecified atom stereocenters. The lowest BCUT2D eigenvalue weighted by atomic mass is 10.1. The minimum Gasteiger partial charge on any atom is -0.497 e. The van der Waals surface area contributed by atoms with Gasteiger partial charge in [0.1, 0.15) is 10.6 Å². The van der Waals surface area contributed by atoms with Crippen LogP contribution in [0.5, 0.6) is 5.75 Å². The van der Waals surface area contributed by atoms with Crippen LogP contribution in [0.4, 0.5) is 13.2 Å². The van der Waals surface area contributed by atoms with Crippen molar-refractivity contribution in [1.29, 1.82) is 0 Å². The standard InChI is InChI=1S/C17H19F3N2O3S/c1-22(2)14(11-4-6-12(25-3)7-5-11)10-21-26(23,24)15-9-8-13(18)16(19)17(15)20/h4-9,14,21H,10H2,1-3H3/t14-/m1/s1. The molecule has 0 saturated carbocycles. The SMILES string of the molecule is COc1ccc([C@@H](CNS(=O)(=O)c2ccc(F)c(F)c2F)N(C)C)cc1. The van der Waals surface area contributed by atoms with Crippen molar-refractivity contribution in [2.45, 2.75) is 10.9 Å². The third-order valence-electron chi connectivity index (χ3n) is 3.88.